The third kappa shape index (κ3) is 5.29. The number of rotatable bonds is 8. The lowest BCUT2D eigenvalue weighted by Gasteiger charge is -2.03. The molecule has 84 valence electrons. The summed E-state index contributed by atoms with van der Waals surface area (Å²) in [6, 6.07) is 0. The van der Waals surface area contributed by atoms with Crippen molar-refractivity contribution in [1.29, 1.82) is 0 Å². The van der Waals surface area contributed by atoms with Crippen molar-refractivity contribution in [2.75, 3.05) is 19.8 Å². The fourth-order valence-corrected chi connectivity index (χ4v) is 1.11. The fraction of sp³-hybridized carbons (Fsp3) is 0.600. The van der Waals surface area contributed by atoms with Gasteiger partial charge < -0.3 is 10.1 Å². The van der Waals surface area contributed by atoms with E-state index in [0.29, 0.717) is 6.61 Å². The maximum atomic E-state index is 5.34. The van der Waals surface area contributed by atoms with Gasteiger partial charge in [-0.3, -0.25) is 4.68 Å². The summed E-state index contributed by atoms with van der Waals surface area (Å²) in [5.74, 6) is 0. The summed E-state index contributed by atoms with van der Waals surface area (Å²) in [6.45, 7) is 6.65. The lowest BCUT2D eigenvalue weighted by Crippen LogP contribution is -2.19. The maximum Gasteiger partial charge on any atom is 0.0964 e. The standard InChI is InChI=1S/C10H18N4O/c1-3-4-6-15-7-5-11-8-10-9-14(2)13-12-10/h3,9,11H,1,4-8H2,2H3. The van der Waals surface area contributed by atoms with Crippen LogP contribution in [0.15, 0.2) is 18.9 Å². The molecule has 0 aliphatic rings. The van der Waals surface area contributed by atoms with Gasteiger partial charge in [0.05, 0.1) is 18.9 Å². The van der Waals surface area contributed by atoms with E-state index in [1.165, 1.54) is 0 Å². The first kappa shape index (κ1) is 11.9. The van der Waals surface area contributed by atoms with Gasteiger partial charge in [0.25, 0.3) is 0 Å². The third-order valence-corrected chi connectivity index (χ3v) is 1.85. The van der Waals surface area contributed by atoms with Crippen LogP contribution in [0, 0.1) is 0 Å². The molecule has 0 saturated heterocycles. The van der Waals surface area contributed by atoms with Gasteiger partial charge >= 0.3 is 0 Å². The molecule has 1 rings (SSSR count). The van der Waals surface area contributed by atoms with Gasteiger partial charge in [-0.15, -0.1) is 11.7 Å². The van der Waals surface area contributed by atoms with Crippen molar-refractivity contribution >= 4 is 0 Å². The van der Waals surface area contributed by atoms with Gasteiger partial charge in [0.2, 0.25) is 0 Å². The first-order valence-electron chi connectivity index (χ1n) is 5.07. The average Bonchev–Trinajstić information content (AvgIpc) is 2.63. The van der Waals surface area contributed by atoms with Gasteiger partial charge in [0.1, 0.15) is 0 Å². The summed E-state index contributed by atoms with van der Waals surface area (Å²) in [5, 5.41) is 11.0. The van der Waals surface area contributed by atoms with E-state index in [9.17, 15) is 0 Å². The normalized spacial score (nSPS) is 10.5. The van der Waals surface area contributed by atoms with Gasteiger partial charge in [-0.2, -0.15) is 0 Å². The Bertz CT molecular complexity index is 285. The maximum absolute atomic E-state index is 5.34. The molecule has 0 radical (unpaired) electrons. The Balaban J connectivity index is 1.95. The zero-order valence-corrected chi connectivity index (χ0v) is 9.15. The molecular weight excluding hydrogens is 192 g/mol. The van der Waals surface area contributed by atoms with Crippen LogP contribution in [0.25, 0.3) is 0 Å². The first-order chi connectivity index (χ1) is 7.33. The quantitative estimate of drug-likeness (QED) is 0.501. The molecule has 1 aromatic rings. The molecule has 0 aliphatic carbocycles. The number of aryl methyl sites for hydroxylation is 1. The van der Waals surface area contributed by atoms with Crippen molar-refractivity contribution in [3.8, 4) is 0 Å². The smallest absolute Gasteiger partial charge is 0.0964 e. The highest BCUT2D eigenvalue weighted by Crippen LogP contribution is 1.89. The van der Waals surface area contributed by atoms with Gasteiger partial charge in [-0.05, 0) is 6.42 Å². The first-order valence-corrected chi connectivity index (χ1v) is 5.07. The van der Waals surface area contributed by atoms with Crippen LogP contribution in [-0.2, 0) is 18.3 Å². The molecule has 1 heterocycles. The zero-order valence-electron chi connectivity index (χ0n) is 9.15. The molecule has 15 heavy (non-hydrogen) atoms. The molecular formula is C10H18N4O. The van der Waals surface area contributed by atoms with E-state index in [1.807, 2.05) is 19.3 Å². The number of nitrogens with one attached hydrogen (secondary N) is 1. The number of hydrogen-bond donors (Lipinski definition) is 1. The minimum atomic E-state index is 0.716. The Morgan fingerprint density at radius 3 is 3.13 bits per heavy atom. The molecule has 0 aromatic carbocycles. The Kier molecular flexibility index (Phi) is 5.65. The lowest BCUT2D eigenvalue weighted by atomic mass is 10.4. The highest BCUT2D eigenvalue weighted by atomic mass is 16.5. The van der Waals surface area contributed by atoms with Crippen molar-refractivity contribution in [1.82, 2.24) is 20.3 Å². The second-order valence-corrected chi connectivity index (χ2v) is 3.25. The Morgan fingerprint density at radius 2 is 2.47 bits per heavy atom. The SMILES string of the molecule is C=CCCOCCNCc1cn(C)nn1. The highest BCUT2D eigenvalue weighted by molar-refractivity contribution is 4.90. The van der Waals surface area contributed by atoms with E-state index in [-0.39, 0.29) is 0 Å². The molecule has 1 aromatic heterocycles. The van der Waals surface area contributed by atoms with Crippen molar-refractivity contribution < 1.29 is 4.74 Å². The largest absolute Gasteiger partial charge is 0.380 e. The lowest BCUT2D eigenvalue weighted by molar-refractivity contribution is 0.140. The number of ether oxygens (including phenoxy) is 1. The van der Waals surface area contributed by atoms with Crippen LogP contribution in [0.2, 0.25) is 0 Å². The van der Waals surface area contributed by atoms with Crippen molar-refractivity contribution in [2.24, 2.45) is 7.05 Å². The van der Waals surface area contributed by atoms with Crippen LogP contribution in [0.5, 0.6) is 0 Å². The van der Waals surface area contributed by atoms with Crippen LogP contribution >= 0.6 is 0 Å². The molecule has 5 nitrogen and oxygen atoms in total. The van der Waals surface area contributed by atoms with Crippen LogP contribution in [0.1, 0.15) is 12.1 Å². The Hall–Kier alpha value is -1.20. The molecule has 5 heteroatoms. The number of nitrogens with zero attached hydrogens (tertiary/aromatic N) is 3. The van der Waals surface area contributed by atoms with Gasteiger partial charge in [0.15, 0.2) is 0 Å². The van der Waals surface area contributed by atoms with E-state index in [4.69, 9.17) is 4.74 Å². The zero-order chi connectivity index (χ0) is 10.9. The molecule has 0 spiro atoms. The van der Waals surface area contributed by atoms with E-state index in [2.05, 4.69) is 22.2 Å². The molecule has 0 aliphatic heterocycles. The van der Waals surface area contributed by atoms with Gasteiger partial charge in [-0.25, -0.2) is 0 Å². The molecule has 0 amide bonds. The molecule has 0 unspecified atom stereocenters. The number of hydrogen-bond acceptors (Lipinski definition) is 4. The summed E-state index contributed by atoms with van der Waals surface area (Å²) in [6.07, 6.45) is 4.66. The average molecular weight is 210 g/mol. The van der Waals surface area contributed by atoms with E-state index < -0.39 is 0 Å². The Morgan fingerprint density at radius 1 is 1.60 bits per heavy atom. The van der Waals surface area contributed by atoms with E-state index >= 15 is 0 Å². The summed E-state index contributed by atoms with van der Waals surface area (Å²) < 4.78 is 7.03. The van der Waals surface area contributed by atoms with Crippen LogP contribution in [0.4, 0.5) is 0 Å². The minimum absolute atomic E-state index is 0.716. The minimum Gasteiger partial charge on any atom is -0.380 e. The second-order valence-electron chi connectivity index (χ2n) is 3.25. The summed E-state index contributed by atoms with van der Waals surface area (Å²) in [4.78, 5) is 0. The van der Waals surface area contributed by atoms with Crippen LogP contribution < -0.4 is 5.32 Å². The van der Waals surface area contributed by atoms with Crippen LogP contribution in [-0.4, -0.2) is 34.8 Å². The van der Waals surface area contributed by atoms with Crippen LogP contribution in [0.3, 0.4) is 0 Å². The van der Waals surface area contributed by atoms with Gasteiger partial charge in [-0.1, -0.05) is 11.3 Å². The molecule has 0 fully saturated rings. The summed E-state index contributed by atoms with van der Waals surface area (Å²) in [5.41, 5.74) is 0.948. The number of aromatic nitrogens is 3. The second kappa shape index (κ2) is 7.14. The highest BCUT2D eigenvalue weighted by Gasteiger charge is 1.96. The summed E-state index contributed by atoms with van der Waals surface area (Å²) in [7, 11) is 1.86. The molecule has 1 N–H and O–H groups in total. The van der Waals surface area contributed by atoms with Gasteiger partial charge in [0, 0.05) is 26.3 Å². The fourth-order valence-electron chi connectivity index (χ4n) is 1.11. The molecule has 0 saturated carbocycles. The van der Waals surface area contributed by atoms with Crippen molar-refractivity contribution in [3.05, 3.63) is 24.5 Å². The third-order valence-electron chi connectivity index (χ3n) is 1.85. The molecule has 0 bridgehead atoms. The van der Waals surface area contributed by atoms with Crippen molar-refractivity contribution in [3.63, 3.8) is 0 Å². The van der Waals surface area contributed by atoms with E-state index in [0.717, 1.165) is 31.8 Å². The monoisotopic (exact) mass is 210 g/mol. The topological polar surface area (TPSA) is 52.0 Å². The predicted octanol–water partition coefficient (Wildman–Crippen LogP) is 0.497. The molecule has 0 atom stereocenters. The van der Waals surface area contributed by atoms with Crippen molar-refractivity contribution in [2.45, 2.75) is 13.0 Å². The Labute approximate surface area is 90.1 Å². The van der Waals surface area contributed by atoms with E-state index in [1.54, 1.807) is 4.68 Å². The summed E-state index contributed by atoms with van der Waals surface area (Å²) >= 11 is 0. The predicted molar refractivity (Wildman–Crippen MR) is 58.3 cm³/mol.